The van der Waals surface area contributed by atoms with E-state index in [0.717, 1.165) is 5.56 Å². The van der Waals surface area contributed by atoms with Crippen molar-refractivity contribution < 1.29 is 19.1 Å². The minimum atomic E-state index is -0.667. The van der Waals surface area contributed by atoms with Crippen molar-refractivity contribution in [1.82, 2.24) is 4.90 Å². The summed E-state index contributed by atoms with van der Waals surface area (Å²) in [4.78, 5) is 28.5. The highest BCUT2D eigenvalue weighted by Crippen LogP contribution is 2.39. The van der Waals surface area contributed by atoms with Crippen molar-refractivity contribution in [3.63, 3.8) is 0 Å². The van der Waals surface area contributed by atoms with Gasteiger partial charge in [-0.05, 0) is 53.6 Å². The number of hydrogen-bond donors (Lipinski definition) is 1. The van der Waals surface area contributed by atoms with E-state index < -0.39 is 6.04 Å². The summed E-state index contributed by atoms with van der Waals surface area (Å²) in [7, 11) is 1.59. The first-order chi connectivity index (χ1) is 15.5. The Kier molecular flexibility index (Phi) is 4.87. The van der Waals surface area contributed by atoms with E-state index in [-0.39, 0.29) is 35.0 Å². The lowest BCUT2D eigenvalue weighted by molar-refractivity contribution is 0.0714. The van der Waals surface area contributed by atoms with E-state index in [1.807, 2.05) is 24.3 Å². The SMILES string of the molecule is COc1ccc(CN2C(=O)c3oc4ccc(Cl)cc4c(=O)c3[C@H]2c2ccc(O)cc2)cc1. The zero-order valence-corrected chi connectivity index (χ0v) is 17.8. The molecule has 0 aliphatic carbocycles. The average Bonchev–Trinajstić information content (AvgIpc) is 3.07. The number of aromatic hydroxyl groups is 1. The molecule has 0 saturated heterocycles. The Labute approximate surface area is 188 Å². The lowest BCUT2D eigenvalue weighted by Gasteiger charge is -2.25. The van der Waals surface area contributed by atoms with Gasteiger partial charge in [-0.15, -0.1) is 0 Å². The van der Waals surface area contributed by atoms with Crippen LogP contribution in [-0.4, -0.2) is 23.0 Å². The first-order valence-electron chi connectivity index (χ1n) is 9.95. The van der Waals surface area contributed by atoms with Crippen LogP contribution in [0.1, 0.15) is 33.3 Å². The number of carbonyl (C=O) groups is 1. The normalized spacial score (nSPS) is 15.2. The summed E-state index contributed by atoms with van der Waals surface area (Å²) in [5, 5.41) is 10.5. The fourth-order valence-corrected chi connectivity index (χ4v) is 4.26. The van der Waals surface area contributed by atoms with E-state index in [1.54, 1.807) is 42.3 Å². The number of phenolic OH excluding ortho intramolecular Hbond substituents is 1. The summed E-state index contributed by atoms with van der Waals surface area (Å²) in [6.07, 6.45) is 0. The van der Waals surface area contributed by atoms with Crippen molar-refractivity contribution in [3.8, 4) is 11.5 Å². The standard InChI is InChI=1S/C25H18ClNO5/c1-31-18-9-2-14(3-10-18)13-27-22(15-4-7-17(28)8-5-15)21-23(29)19-12-16(26)6-11-20(19)32-24(21)25(27)30/h2-12,22,28H,13H2,1H3/t22-/m1/s1. The molecule has 3 aromatic carbocycles. The first kappa shape index (κ1) is 20.2. The topological polar surface area (TPSA) is 80.0 Å². The summed E-state index contributed by atoms with van der Waals surface area (Å²) >= 11 is 6.11. The summed E-state index contributed by atoms with van der Waals surface area (Å²) in [5.41, 5.74) is 1.84. The smallest absolute Gasteiger partial charge is 0.291 e. The number of rotatable bonds is 4. The Bertz CT molecular complexity index is 1390. The number of benzene rings is 3. The van der Waals surface area contributed by atoms with Crippen LogP contribution in [0.25, 0.3) is 11.0 Å². The molecule has 0 spiro atoms. The summed E-state index contributed by atoms with van der Waals surface area (Å²) < 4.78 is 11.1. The fourth-order valence-electron chi connectivity index (χ4n) is 4.09. The van der Waals surface area contributed by atoms with Crippen molar-refractivity contribution in [2.75, 3.05) is 7.11 Å². The second-order valence-corrected chi connectivity index (χ2v) is 8.03. The van der Waals surface area contributed by atoms with E-state index in [0.29, 0.717) is 27.3 Å². The van der Waals surface area contributed by atoms with Crippen LogP contribution in [0.4, 0.5) is 0 Å². The molecule has 0 unspecified atom stereocenters. The van der Waals surface area contributed by atoms with Crippen LogP contribution < -0.4 is 10.2 Å². The zero-order valence-electron chi connectivity index (χ0n) is 17.0. The molecule has 6 nitrogen and oxygen atoms in total. The zero-order chi connectivity index (χ0) is 22.4. The molecule has 1 aromatic heterocycles. The van der Waals surface area contributed by atoms with Gasteiger partial charge < -0.3 is 19.2 Å². The Morgan fingerprint density at radius 1 is 1.03 bits per heavy atom. The van der Waals surface area contributed by atoms with Crippen molar-refractivity contribution in [1.29, 1.82) is 0 Å². The van der Waals surface area contributed by atoms with Gasteiger partial charge in [-0.1, -0.05) is 35.9 Å². The molecule has 1 aliphatic rings. The van der Waals surface area contributed by atoms with Gasteiger partial charge in [0.15, 0.2) is 5.43 Å². The minimum absolute atomic E-state index is 0.0245. The fraction of sp³-hybridized carbons (Fsp3) is 0.120. The van der Waals surface area contributed by atoms with E-state index in [2.05, 4.69) is 0 Å². The highest BCUT2D eigenvalue weighted by molar-refractivity contribution is 6.31. The van der Waals surface area contributed by atoms with Gasteiger partial charge in [-0.3, -0.25) is 9.59 Å². The van der Waals surface area contributed by atoms with Crippen LogP contribution in [0.5, 0.6) is 11.5 Å². The largest absolute Gasteiger partial charge is 0.508 e. The van der Waals surface area contributed by atoms with Crippen molar-refractivity contribution >= 4 is 28.5 Å². The molecule has 160 valence electrons. The van der Waals surface area contributed by atoms with Crippen LogP contribution in [0.15, 0.2) is 75.9 Å². The molecular formula is C25H18ClNO5. The lowest BCUT2D eigenvalue weighted by Crippen LogP contribution is -2.29. The lowest BCUT2D eigenvalue weighted by atomic mass is 9.98. The van der Waals surface area contributed by atoms with E-state index >= 15 is 0 Å². The van der Waals surface area contributed by atoms with E-state index in [9.17, 15) is 14.7 Å². The number of halogens is 1. The van der Waals surface area contributed by atoms with Crippen LogP contribution >= 0.6 is 11.6 Å². The van der Waals surface area contributed by atoms with Gasteiger partial charge >= 0.3 is 0 Å². The predicted molar refractivity (Wildman–Crippen MR) is 120 cm³/mol. The first-order valence-corrected chi connectivity index (χ1v) is 10.3. The molecule has 0 radical (unpaired) electrons. The van der Waals surface area contributed by atoms with Gasteiger partial charge in [0.2, 0.25) is 5.76 Å². The molecule has 0 fully saturated rings. The van der Waals surface area contributed by atoms with Gasteiger partial charge in [0, 0.05) is 11.6 Å². The van der Waals surface area contributed by atoms with Crippen LogP contribution in [0, 0.1) is 0 Å². The molecule has 1 amide bonds. The molecule has 0 bridgehead atoms. The monoisotopic (exact) mass is 447 g/mol. The number of carbonyl (C=O) groups excluding carboxylic acids is 1. The van der Waals surface area contributed by atoms with Crippen molar-refractivity contribution in [2.24, 2.45) is 0 Å². The third-order valence-corrected chi connectivity index (χ3v) is 5.88. The second-order valence-electron chi connectivity index (χ2n) is 7.59. The number of hydrogen-bond acceptors (Lipinski definition) is 5. The maximum atomic E-state index is 13.5. The van der Waals surface area contributed by atoms with Crippen LogP contribution in [-0.2, 0) is 6.54 Å². The molecule has 1 atom stereocenters. The number of methoxy groups -OCH3 is 1. The van der Waals surface area contributed by atoms with Crippen molar-refractivity contribution in [2.45, 2.75) is 12.6 Å². The molecule has 32 heavy (non-hydrogen) atoms. The second kappa shape index (κ2) is 7.73. The maximum absolute atomic E-state index is 13.5. The average molecular weight is 448 g/mol. The van der Waals surface area contributed by atoms with Gasteiger partial charge in [0.25, 0.3) is 5.91 Å². The van der Waals surface area contributed by atoms with Gasteiger partial charge in [0.1, 0.15) is 17.1 Å². The molecule has 1 aliphatic heterocycles. The van der Waals surface area contributed by atoms with Gasteiger partial charge in [-0.25, -0.2) is 0 Å². The summed E-state index contributed by atoms with van der Waals surface area (Å²) in [5.74, 6) is 0.455. The summed E-state index contributed by atoms with van der Waals surface area (Å²) in [6, 6.07) is 17.9. The number of ether oxygens (including phenoxy) is 1. The number of fused-ring (bicyclic) bond motifs is 2. The van der Waals surface area contributed by atoms with Crippen LogP contribution in [0.3, 0.4) is 0 Å². The Morgan fingerprint density at radius 3 is 2.44 bits per heavy atom. The quantitative estimate of drug-likeness (QED) is 0.481. The predicted octanol–water partition coefficient (Wildman–Crippen LogP) is 4.91. The number of amides is 1. The molecule has 2 heterocycles. The third kappa shape index (κ3) is 3.29. The highest BCUT2D eigenvalue weighted by atomic mass is 35.5. The molecule has 4 aromatic rings. The molecular weight excluding hydrogens is 430 g/mol. The minimum Gasteiger partial charge on any atom is -0.508 e. The number of nitrogens with zero attached hydrogens (tertiary/aromatic N) is 1. The van der Waals surface area contributed by atoms with E-state index in [1.165, 1.54) is 12.1 Å². The van der Waals surface area contributed by atoms with Crippen molar-refractivity contribution in [3.05, 3.63) is 104 Å². The van der Waals surface area contributed by atoms with E-state index in [4.69, 9.17) is 20.8 Å². The Hall–Kier alpha value is -3.77. The Morgan fingerprint density at radius 2 is 1.75 bits per heavy atom. The van der Waals surface area contributed by atoms with Gasteiger partial charge in [-0.2, -0.15) is 0 Å². The molecule has 0 saturated carbocycles. The van der Waals surface area contributed by atoms with Crippen LogP contribution in [0.2, 0.25) is 5.02 Å². The summed E-state index contributed by atoms with van der Waals surface area (Å²) in [6.45, 7) is 0.259. The highest BCUT2D eigenvalue weighted by Gasteiger charge is 2.42. The third-order valence-electron chi connectivity index (χ3n) is 5.65. The van der Waals surface area contributed by atoms with Gasteiger partial charge in [0.05, 0.1) is 24.1 Å². The number of phenols is 1. The molecule has 7 heteroatoms. The molecule has 1 N–H and O–H groups in total. The molecule has 5 rings (SSSR count). The maximum Gasteiger partial charge on any atom is 0.291 e. The Balaban J connectivity index is 1.68.